The number of pyridine rings is 1. The molecule has 0 bridgehead atoms. The van der Waals surface area contributed by atoms with Crippen molar-refractivity contribution in [3.05, 3.63) is 41.0 Å². The Morgan fingerprint density at radius 1 is 0.875 bits per heavy atom. The first-order valence-corrected chi connectivity index (χ1v) is 10.7. The predicted octanol–water partition coefficient (Wildman–Crippen LogP) is 5.55. The molecule has 1 heterocycles. The minimum Gasteiger partial charge on any atom is -0.493 e. The molecular formula is C24H26ClNO6. The molecule has 0 atom stereocenters. The van der Waals surface area contributed by atoms with Gasteiger partial charge in [0.15, 0.2) is 23.0 Å². The van der Waals surface area contributed by atoms with Gasteiger partial charge in [0.05, 0.1) is 39.6 Å². The first kappa shape index (κ1) is 23.5. The van der Waals surface area contributed by atoms with E-state index in [1.54, 1.807) is 39.3 Å². The molecule has 32 heavy (non-hydrogen) atoms. The number of fused-ring (bicyclic) bond motifs is 1. The van der Waals surface area contributed by atoms with Crippen LogP contribution in [0, 0.1) is 0 Å². The Labute approximate surface area is 192 Å². The van der Waals surface area contributed by atoms with Crippen LogP contribution in [0.1, 0.15) is 31.1 Å². The highest BCUT2D eigenvalue weighted by Gasteiger charge is 2.25. The lowest BCUT2D eigenvalue weighted by molar-refractivity contribution is 0.0527. The van der Waals surface area contributed by atoms with Crippen LogP contribution < -0.4 is 18.9 Å². The average molecular weight is 460 g/mol. The Balaban J connectivity index is 2.41. The zero-order valence-electron chi connectivity index (χ0n) is 18.8. The number of carbonyl (C=O) groups excluding carboxylic acids is 1. The number of ether oxygens (including phenoxy) is 5. The summed E-state index contributed by atoms with van der Waals surface area (Å²) < 4.78 is 27.6. The first-order chi connectivity index (χ1) is 15.5. The van der Waals surface area contributed by atoms with Crippen molar-refractivity contribution in [2.24, 2.45) is 0 Å². The molecule has 0 saturated carbocycles. The van der Waals surface area contributed by atoms with Crippen molar-refractivity contribution in [2.75, 3.05) is 34.0 Å². The number of carbonyl (C=O) groups is 1. The number of methoxy groups -OCH3 is 2. The Kier molecular flexibility index (Phi) is 7.64. The van der Waals surface area contributed by atoms with Crippen LogP contribution in [0.3, 0.4) is 0 Å². The predicted molar refractivity (Wildman–Crippen MR) is 124 cm³/mol. The summed E-state index contributed by atoms with van der Waals surface area (Å²) in [5.74, 6) is 1.60. The second kappa shape index (κ2) is 10.4. The summed E-state index contributed by atoms with van der Waals surface area (Å²) in [5, 5.41) is 0.698. The lowest BCUT2D eigenvalue weighted by Crippen LogP contribution is -2.09. The molecule has 0 unspecified atom stereocenters. The Morgan fingerprint density at radius 2 is 1.53 bits per heavy atom. The van der Waals surface area contributed by atoms with Gasteiger partial charge in [-0.1, -0.05) is 17.7 Å². The molecule has 7 nitrogen and oxygen atoms in total. The van der Waals surface area contributed by atoms with Crippen LogP contribution in [-0.4, -0.2) is 45.0 Å². The number of benzene rings is 2. The van der Waals surface area contributed by atoms with Gasteiger partial charge in [-0.05, 0) is 44.5 Å². The number of hydrogen-bond acceptors (Lipinski definition) is 7. The second-order valence-corrected chi connectivity index (χ2v) is 6.98. The van der Waals surface area contributed by atoms with Gasteiger partial charge in [-0.15, -0.1) is 0 Å². The van der Waals surface area contributed by atoms with Gasteiger partial charge in [0, 0.05) is 17.0 Å². The molecule has 0 spiro atoms. The van der Waals surface area contributed by atoms with Crippen LogP contribution >= 0.6 is 11.6 Å². The molecule has 8 heteroatoms. The summed E-state index contributed by atoms with van der Waals surface area (Å²) in [6.07, 6.45) is 0. The van der Waals surface area contributed by atoms with Crippen molar-refractivity contribution in [2.45, 2.75) is 20.8 Å². The number of nitrogens with zero attached hydrogens (tertiary/aromatic N) is 1. The van der Waals surface area contributed by atoms with E-state index in [2.05, 4.69) is 4.98 Å². The normalized spacial score (nSPS) is 10.7. The van der Waals surface area contributed by atoms with Crippen LogP contribution in [-0.2, 0) is 4.74 Å². The van der Waals surface area contributed by atoms with Gasteiger partial charge in [-0.25, -0.2) is 9.78 Å². The molecule has 0 aliphatic heterocycles. The van der Waals surface area contributed by atoms with E-state index in [0.29, 0.717) is 58.2 Å². The van der Waals surface area contributed by atoms with Gasteiger partial charge in [0.25, 0.3) is 0 Å². The SMILES string of the molecule is CCOC(=O)c1c(Cl)nc2cc(OCC)c(OCC)cc2c1-c1ccc(OC)c(OC)c1. The van der Waals surface area contributed by atoms with E-state index in [4.69, 9.17) is 35.3 Å². The molecule has 170 valence electrons. The fourth-order valence-electron chi connectivity index (χ4n) is 3.46. The maximum absolute atomic E-state index is 12.9. The third-order valence-corrected chi connectivity index (χ3v) is 5.03. The van der Waals surface area contributed by atoms with E-state index in [-0.39, 0.29) is 17.3 Å². The summed E-state index contributed by atoms with van der Waals surface area (Å²) in [6.45, 7) is 6.62. The fourth-order valence-corrected chi connectivity index (χ4v) is 3.72. The molecule has 0 radical (unpaired) electrons. The van der Waals surface area contributed by atoms with Gasteiger partial charge < -0.3 is 23.7 Å². The van der Waals surface area contributed by atoms with Crippen LogP contribution in [0.25, 0.3) is 22.0 Å². The van der Waals surface area contributed by atoms with Crippen LogP contribution in [0.4, 0.5) is 0 Å². The maximum atomic E-state index is 12.9. The number of esters is 1. The van der Waals surface area contributed by atoms with Crippen LogP contribution in [0.15, 0.2) is 30.3 Å². The number of rotatable bonds is 9. The third kappa shape index (κ3) is 4.53. The molecule has 0 N–H and O–H groups in total. The van der Waals surface area contributed by atoms with Crippen molar-refractivity contribution in [1.29, 1.82) is 0 Å². The molecular weight excluding hydrogens is 434 g/mol. The summed E-state index contributed by atoms with van der Waals surface area (Å²) in [7, 11) is 3.11. The fraction of sp³-hybridized carbons (Fsp3) is 0.333. The van der Waals surface area contributed by atoms with E-state index < -0.39 is 5.97 Å². The van der Waals surface area contributed by atoms with Crippen LogP contribution in [0.5, 0.6) is 23.0 Å². The summed E-state index contributed by atoms with van der Waals surface area (Å²) in [6, 6.07) is 8.94. The van der Waals surface area contributed by atoms with Gasteiger partial charge in [-0.2, -0.15) is 0 Å². The molecule has 1 aromatic heterocycles. The summed E-state index contributed by atoms with van der Waals surface area (Å²) in [4.78, 5) is 17.4. The highest BCUT2D eigenvalue weighted by molar-refractivity contribution is 6.34. The van der Waals surface area contributed by atoms with Crippen molar-refractivity contribution in [3.8, 4) is 34.1 Å². The summed E-state index contributed by atoms with van der Waals surface area (Å²) >= 11 is 6.51. The molecule has 0 fully saturated rings. The highest BCUT2D eigenvalue weighted by Crippen LogP contribution is 2.42. The number of hydrogen-bond donors (Lipinski definition) is 0. The zero-order valence-corrected chi connectivity index (χ0v) is 19.5. The third-order valence-electron chi connectivity index (χ3n) is 4.76. The van der Waals surface area contributed by atoms with E-state index in [0.717, 1.165) is 0 Å². The quantitative estimate of drug-likeness (QED) is 0.307. The van der Waals surface area contributed by atoms with Crippen molar-refractivity contribution in [1.82, 2.24) is 4.98 Å². The molecule has 0 amide bonds. The lowest BCUT2D eigenvalue weighted by Gasteiger charge is -2.18. The Hall–Kier alpha value is -3.19. The van der Waals surface area contributed by atoms with E-state index in [1.807, 2.05) is 26.0 Å². The number of aromatic nitrogens is 1. The standard InChI is InChI=1S/C24H26ClNO6/c1-6-30-19-12-15-16(13-20(19)31-7-2)26-23(25)22(24(27)32-8-3)21(15)14-9-10-17(28-4)18(11-14)29-5/h9-13H,6-8H2,1-5H3. The summed E-state index contributed by atoms with van der Waals surface area (Å²) in [5.41, 5.74) is 1.97. The minimum absolute atomic E-state index is 0.0346. The number of halogens is 1. The van der Waals surface area contributed by atoms with Crippen LogP contribution in [0.2, 0.25) is 5.15 Å². The second-order valence-electron chi connectivity index (χ2n) is 6.62. The Morgan fingerprint density at radius 3 is 2.12 bits per heavy atom. The van der Waals surface area contributed by atoms with Gasteiger partial charge in [0.1, 0.15) is 10.7 Å². The van der Waals surface area contributed by atoms with E-state index in [1.165, 1.54) is 0 Å². The molecule has 0 aliphatic rings. The van der Waals surface area contributed by atoms with E-state index in [9.17, 15) is 4.79 Å². The topological polar surface area (TPSA) is 76.1 Å². The zero-order chi connectivity index (χ0) is 23.3. The van der Waals surface area contributed by atoms with Gasteiger partial charge in [0.2, 0.25) is 0 Å². The molecule has 0 aliphatic carbocycles. The highest BCUT2D eigenvalue weighted by atomic mass is 35.5. The Bertz CT molecular complexity index is 1130. The molecule has 3 aromatic rings. The molecule has 3 rings (SSSR count). The largest absolute Gasteiger partial charge is 0.493 e. The smallest absolute Gasteiger partial charge is 0.341 e. The van der Waals surface area contributed by atoms with Crippen molar-refractivity contribution in [3.63, 3.8) is 0 Å². The molecule has 2 aromatic carbocycles. The lowest BCUT2D eigenvalue weighted by atomic mass is 9.95. The van der Waals surface area contributed by atoms with Crippen molar-refractivity contribution >= 4 is 28.5 Å². The monoisotopic (exact) mass is 459 g/mol. The minimum atomic E-state index is -0.566. The van der Waals surface area contributed by atoms with Gasteiger partial charge in [-0.3, -0.25) is 0 Å². The molecule has 0 saturated heterocycles. The maximum Gasteiger partial charge on any atom is 0.341 e. The average Bonchev–Trinajstić information content (AvgIpc) is 2.78. The van der Waals surface area contributed by atoms with E-state index >= 15 is 0 Å². The van der Waals surface area contributed by atoms with Crippen molar-refractivity contribution < 1.29 is 28.5 Å². The van der Waals surface area contributed by atoms with Gasteiger partial charge >= 0.3 is 5.97 Å². The first-order valence-electron chi connectivity index (χ1n) is 10.3.